The zero-order chi connectivity index (χ0) is 13.0. The molecule has 6 heteroatoms. The van der Waals surface area contributed by atoms with Crippen molar-refractivity contribution in [2.24, 2.45) is 0 Å². The number of nitrogens with one attached hydrogen (secondary N) is 1. The molecule has 2 nitrogen and oxygen atoms in total. The van der Waals surface area contributed by atoms with Crippen molar-refractivity contribution in [2.45, 2.75) is 32.4 Å². The van der Waals surface area contributed by atoms with Gasteiger partial charge in [0.25, 0.3) is 0 Å². The lowest BCUT2D eigenvalue weighted by Crippen LogP contribution is -2.37. The van der Waals surface area contributed by atoms with Crippen molar-refractivity contribution in [3.05, 3.63) is 33.8 Å². The fourth-order valence-electron chi connectivity index (χ4n) is 2.61. The maximum absolute atomic E-state index is 6.15. The molecular weight excluding hydrogens is 338 g/mol. The quantitative estimate of drug-likeness (QED) is 0.837. The van der Waals surface area contributed by atoms with Gasteiger partial charge in [-0.15, -0.1) is 24.8 Å². The molecule has 1 N–H and O–H groups in total. The molecule has 1 aliphatic rings. The summed E-state index contributed by atoms with van der Waals surface area (Å²) in [7, 11) is 0. The van der Waals surface area contributed by atoms with Gasteiger partial charge in [-0.25, -0.2) is 0 Å². The van der Waals surface area contributed by atoms with E-state index >= 15 is 0 Å². The van der Waals surface area contributed by atoms with Crippen LogP contribution in [0.15, 0.2) is 18.2 Å². The second kappa shape index (κ2) is 10.1. The van der Waals surface area contributed by atoms with Crippen molar-refractivity contribution in [3.8, 4) is 0 Å². The molecular formula is C14H22Cl4N2. The highest BCUT2D eigenvalue weighted by Gasteiger charge is 2.22. The minimum atomic E-state index is 0. The first-order chi connectivity index (χ1) is 8.72. The van der Waals surface area contributed by atoms with Gasteiger partial charge >= 0.3 is 0 Å². The molecule has 1 saturated heterocycles. The maximum Gasteiger partial charge on any atom is 0.0465 e. The molecule has 1 aliphatic heterocycles. The minimum absolute atomic E-state index is 0. The maximum atomic E-state index is 6.15. The minimum Gasteiger partial charge on any atom is -0.311 e. The van der Waals surface area contributed by atoms with Crippen molar-refractivity contribution in [1.82, 2.24) is 10.2 Å². The van der Waals surface area contributed by atoms with E-state index in [0.29, 0.717) is 6.04 Å². The van der Waals surface area contributed by atoms with E-state index in [1.807, 2.05) is 18.2 Å². The van der Waals surface area contributed by atoms with Crippen molar-refractivity contribution in [3.63, 3.8) is 0 Å². The smallest absolute Gasteiger partial charge is 0.0465 e. The molecule has 0 saturated carbocycles. The first-order valence-electron chi connectivity index (χ1n) is 6.60. The summed E-state index contributed by atoms with van der Waals surface area (Å²) in [5.41, 5.74) is 1.00. The van der Waals surface area contributed by atoms with Crippen LogP contribution in [0.1, 0.15) is 25.3 Å². The van der Waals surface area contributed by atoms with Gasteiger partial charge in [0.2, 0.25) is 0 Å². The molecule has 1 aromatic carbocycles. The molecule has 0 bridgehead atoms. The average molecular weight is 360 g/mol. The van der Waals surface area contributed by atoms with Crippen LogP contribution >= 0.6 is 48.0 Å². The highest BCUT2D eigenvalue weighted by molar-refractivity contribution is 6.35. The molecule has 0 radical (unpaired) electrons. The van der Waals surface area contributed by atoms with E-state index in [4.69, 9.17) is 23.2 Å². The van der Waals surface area contributed by atoms with Crippen molar-refractivity contribution in [2.75, 3.05) is 19.6 Å². The van der Waals surface area contributed by atoms with Crippen LogP contribution in [0, 0.1) is 0 Å². The molecule has 20 heavy (non-hydrogen) atoms. The van der Waals surface area contributed by atoms with Gasteiger partial charge < -0.3 is 5.32 Å². The Labute approximate surface area is 144 Å². The molecule has 0 amide bonds. The number of benzene rings is 1. The Hall–Kier alpha value is 0.300. The third-order valence-corrected chi connectivity index (χ3v) is 4.36. The Morgan fingerprint density at radius 2 is 1.90 bits per heavy atom. The summed E-state index contributed by atoms with van der Waals surface area (Å²) < 4.78 is 0. The number of hydrogen-bond acceptors (Lipinski definition) is 2. The molecule has 1 aromatic rings. The Balaban J connectivity index is 0.00000180. The van der Waals surface area contributed by atoms with Crippen LogP contribution in [0.3, 0.4) is 0 Å². The van der Waals surface area contributed by atoms with Crippen LogP contribution in [-0.4, -0.2) is 30.6 Å². The van der Waals surface area contributed by atoms with E-state index in [2.05, 4.69) is 17.1 Å². The van der Waals surface area contributed by atoms with Gasteiger partial charge in [-0.2, -0.15) is 0 Å². The first-order valence-corrected chi connectivity index (χ1v) is 7.35. The van der Waals surface area contributed by atoms with Gasteiger partial charge in [0, 0.05) is 34.7 Å². The lowest BCUT2D eigenvalue weighted by Gasteiger charge is -2.23. The van der Waals surface area contributed by atoms with Gasteiger partial charge in [-0.1, -0.05) is 36.2 Å². The molecule has 116 valence electrons. The lowest BCUT2D eigenvalue weighted by molar-refractivity contribution is 0.260. The van der Waals surface area contributed by atoms with Crippen molar-refractivity contribution in [1.29, 1.82) is 0 Å². The van der Waals surface area contributed by atoms with Crippen LogP contribution < -0.4 is 5.32 Å². The van der Waals surface area contributed by atoms with Crippen molar-refractivity contribution >= 4 is 48.0 Å². The molecule has 1 heterocycles. The number of hydrogen-bond donors (Lipinski definition) is 1. The molecule has 0 aromatic heterocycles. The molecule has 0 aliphatic carbocycles. The average Bonchev–Trinajstić information content (AvgIpc) is 2.80. The Morgan fingerprint density at radius 1 is 1.25 bits per heavy atom. The van der Waals surface area contributed by atoms with E-state index < -0.39 is 0 Å². The SMILES string of the molecule is CCN1CCCC1CNCc1c(Cl)cccc1Cl.Cl.Cl. The van der Waals surface area contributed by atoms with E-state index in [1.165, 1.54) is 19.4 Å². The molecule has 0 spiro atoms. The topological polar surface area (TPSA) is 15.3 Å². The zero-order valence-electron chi connectivity index (χ0n) is 11.6. The summed E-state index contributed by atoms with van der Waals surface area (Å²) in [6, 6.07) is 6.32. The largest absolute Gasteiger partial charge is 0.311 e. The second-order valence-electron chi connectivity index (χ2n) is 4.76. The van der Waals surface area contributed by atoms with Crippen LogP contribution in [-0.2, 0) is 6.54 Å². The molecule has 1 unspecified atom stereocenters. The molecule has 2 rings (SSSR count). The summed E-state index contributed by atoms with van der Waals surface area (Å²) in [4.78, 5) is 2.53. The number of rotatable bonds is 5. The standard InChI is InChI=1S/C14H20Cl2N2.2ClH/c1-2-18-8-4-5-11(18)9-17-10-12-13(15)6-3-7-14(12)16;;/h3,6-7,11,17H,2,4-5,8-10H2,1H3;2*1H. The van der Waals surface area contributed by atoms with Gasteiger partial charge in [-0.3, -0.25) is 4.90 Å². The van der Waals surface area contributed by atoms with E-state index in [0.717, 1.165) is 35.2 Å². The summed E-state index contributed by atoms with van der Waals surface area (Å²) in [6.07, 6.45) is 2.60. The third-order valence-electron chi connectivity index (χ3n) is 3.65. The van der Waals surface area contributed by atoms with Crippen molar-refractivity contribution < 1.29 is 0 Å². The van der Waals surface area contributed by atoms with Gasteiger partial charge in [-0.05, 0) is 38.1 Å². The first kappa shape index (κ1) is 20.3. The Bertz CT molecular complexity index is 381. The van der Waals surface area contributed by atoms with Crippen LogP contribution in [0.4, 0.5) is 0 Å². The highest BCUT2D eigenvalue weighted by atomic mass is 35.5. The number of halogens is 4. The predicted molar refractivity (Wildman–Crippen MR) is 92.9 cm³/mol. The summed E-state index contributed by atoms with van der Waals surface area (Å²) >= 11 is 12.3. The van der Waals surface area contributed by atoms with E-state index in [9.17, 15) is 0 Å². The number of nitrogens with zero attached hydrogens (tertiary/aromatic N) is 1. The fraction of sp³-hybridized carbons (Fsp3) is 0.571. The molecule has 1 fully saturated rings. The Morgan fingerprint density at radius 3 is 2.50 bits per heavy atom. The summed E-state index contributed by atoms with van der Waals surface area (Å²) in [5, 5.41) is 4.97. The number of likely N-dealkylation sites (tertiary alicyclic amines) is 1. The fourth-order valence-corrected chi connectivity index (χ4v) is 3.14. The van der Waals surface area contributed by atoms with Crippen LogP contribution in [0.2, 0.25) is 10.0 Å². The monoisotopic (exact) mass is 358 g/mol. The highest BCUT2D eigenvalue weighted by Crippen LogP contribution is 2.24. The van der Waals surface area contributed by atoms with Crippen LogP contribution in [0.5, 0.6) is 0 Å². The van der Waals surface area contributed by atoms with Crippen LogP contribution in [0.25, 0.3) is 0 Å². The van der Waals surface area contributed by atoms with Gasteiger partial charge in [0.15, 0.2) is 0 Å². The predicted octanol–water partition coefficient (Wildman–Crippen LogP) is 4.41. The number of likely N-dealkylation sites (N-methyl/N-ethyl adjacent to an activating group) is 1. The van der Waals surface area contributed by atoms with Gasteiger partial charge in [0.05, 0.1) is 0 Å². The Kier molecular flexibility index (Phi) is 10.2. The summed E-state index contributed by atoms with van der Waals surface area (Å²) in [6.45, 7) is 6.35. The third kappa shape index (κ3) is 5.25. The van der Waals surface area contributed by atoms with E-state index in [1.54, 1.807) is 0 Å². The van der Waals surface area contributed by atoms with Gasteiger partial charge in [0.1, 0.15) is 0 Å². The second-order valence-corrected chi connectivity index (χ2v) is 5.57. The lowest BCUT2D eigenvalue weighted by atomic mass is 10.2. The normalized spacial score (nSPS) is 18.4. The van der Waals surface area contributed by atoms with E-state index in [-0.39, 0.29) is 24.8 Å². The zero-order valence-corrected chi connectivity index (χ0v) is 14.7. The molecule has 1 atom stereocenters. The summed E-state index contributed by atoms with van der Waals surface area (Å²) in [5.74, 6) is 0.